The lowest BCUT2D eigenvalue weighted by Crippen LogP contribution is -2.07. The molecule has 4 aromatic rings. The number of aromatic nitrogens is 1. The first-order chi connectivity index (χ1) is 12.7. The van der Waals surface area contributed by atoms with Gasteiger partial charge in [0, 0.05) is 19.8 Å². The number of nitrogens with zero attached hydrogens (tertiary/aromatic N) is 2. The maximum absolute atomic E-state index is 4.14. The molecule has 3 heteroatoms. The smallest absolute Gasteiger partial charge is 0.0812 e. The number of benzene rings is 3. The van der Waals surface area contributed by atoms with Crippen molar-refractivity contribution < 1.29 is 0 Å². The van der Waals surface area contributed by atoms with E-state index in [0.29, 0.717) is 0 Å². The third kappa shape index (κ3) is 5.04. The van der Waals surface area contributed by atoms with E-state index in [-0.39, 0.29) is 0 Å². The van der Waals surface area contributed by atoms with Crippen molar-refractivity contribution in [2.45, 2.75) is 0 Å². The summed E-state index contributed by atoms with van der Waals surface area (Å²) in [6, 6.07) is 27.0. The van der Waals surface area contributed by atoms with E-state index in [1.807, 2.05) is 29.8 Å². The lowest BCUT2D eigenvalue weighted by molar-refractivity contribution is 1.13. The number of para-hydroxylation sites is 1. The summed E-state index contributed by atoms with van der Waals surface area (Å²) >= 11 is 1.68. The van der Waals surface area contributed by atoms with Crippen LogP contribution in [0.15, 0.2) is 84.4 Å². The van der Waals surface area contributed by atoms with Crippen LogP contribution in [0.25, 0.3) is 22.4 Å². The normalized spacial score (nSPS) is 10.5. The van der Waals surface area contributed by atoms with E-state index in [0.717, 1.165) is 5.52 Å². The fraction of sp³-hybridized carbons (Fsp3) is 0.0870. The number of hydrogen-bond acceptors (Lipinski definition) is 3. The molecule has 0 aliphatic rings. The number of hydrogen-bond donors (Lipinski definition) is 0. The zero-order valence-electron chi connectivity index (χ0n) is 15.0. The zero-order valence-corrected chi connectivity index (χ0v) is 15.9. The Bertz CT molecular complexity index is 924. The molecule has 130 valence electrons. The molecule has 0 aliphatic heterocycles. The molecule has 1 heterocycles. The highest BCUT2D eigenvalue weighted by atomic mass is 32.1. The largest absolute Gasteiger partial charge is 0.378 e. The molecule has 0 bridgehead atoms. The summed E-state index contributed by atoms with van der Waals surface area (Å²) in [6.07, 6.45) is 4.26. The van der Waals surface area contributed by atoms with Crippen molar-refractivity contribution in [3.63, 3.8) is 0 Å². The van der Waals surface area contributed by atoms with E-state index in [2.05, 4.69) is 90.7 Å². The third-order valence-corrected chi connectivity index (χ3v) is 4.72. The second kappa shape index (κ2) is 8.97. The van der Waals surface area contributed by atoms with Crippen molar-refractivity contribution in [3.8, 4) is 0 Å². The Morgan fingerprint density at radius 3 is 2.00 bits per heavy atom. The van der Waals surface area contributed by atoms with Crippen LogP contribution in [-0.2, 0) is 0 Å². The first-order valence-electron chi connectivity index (χ1n) is 8.51. The summed E-state index contributed by atoms with van der Waals surface area (Å²) in [6.45, 7) is 0. The Balaban J connectivity index is 0.000000181. The molecule has 26 heavy (non-hydrogen) atoms. The van der Waals surface area contributed by atoms with Gasteiger partial charge in [0.2, 0.25) is 0 Å². The van der Waals surface area contributed by atoms with E-state index in [1.165, 1.54) is 21.5 Å². The highest BCUT2D eigenvalue weighted by Gasteiger charge is 1.93. The van der Waals surface area contributed by atoms with Gasteiger partial charge in [-0.05, 0) is 35.4 Å². The van der Waals surface area contributed by atoms with Gasteiger partial charge in [0.1, 0.15) is 0 Å². The first kappa shape index (κ1) is 17.9. The Hall–Kier alpha value is -2.91. The molecule has 4 rings (SSSR count). The number of anilines is 1. The van der Waals surface area contributed by atoms with Gasteiger partial charge in [-0.25, -0.2) is 4.98 Å². The summed E-state index contributed by atoms with van der Waals surface area (Å²) in [5.74, 6) is 0. The van der Waals surface area contributed by atoms with Crippen LogP contribution in [-0.4, -0.2) is 19.1 Å². The Morgan fingerprint density at radius 2 is 1.35 bits per heavy atom. The maximum atomic E-state index is 4.14. The summed E-state index contributed by atoms with van der Waals surface area (Å²) in [5, 5.41) is 0. The number of fused-ring (bicyclic) bond motifs is 1. The van der Waals surface area contributed by atoms with Crippen LogP contribution < -0.4 is 4.90 Å². The SMILES string of the molecule is CN(C)c1ccc(C=Cc2ccccc2)cc1.c1ccc2scnc2c1. The van der Waals surface area contributed by atoms with Gasteiger partial charge < -0.3 is 4.90 Å². The van der Waals surface area contributed by atoms with Crippen molar-refractivity contribution in [3.05, 3.63) is 95.5 Å². The average Bonchev–Trinajstić information content (AvgIpc) is 3.17. The summed E-state index contributed by atoms with van der Waals surface area (Å²) < 4.78 is 1.26. The van der Waals surface area contributed by atoms with Gasteiger partial charge in [-0.2, -0.15) is 0 Å². The van der Waals surface area contributed by atoms with Gasteiger partial charge >= 0.3 is 0 Å². The van der Waals surface area contributed by atoms with E-state index in [1.54, 1.807) is 11.3 Å². The maximum Gasteiger partial charge on any atom is 0.0812 e. The van der Waals surface area contributed by atoms with Gasteiger partial charge in [0.15, 0.2) is 0 Å². The van der Waals surface area contributed by atoms with Gasteiger partial charge in [0.25, 0.3) is 0 Å². The molecule has 0 fully saturated rings. The highest BCUT2D eigenvalue weighted by Crippen LogP contribution is 2.16. The quantitative estimate of drug-likeness (QED) is 0.404. The predicted octanol–water partition coefficient (Wildman–Crippen LogP) is 6.22. The van der Waals surface area contributed by atoms with Gasteiger partial charge in [0.05, 0.1) is 15.7 Å². The van der Waals surface area contributed by atoms with Crippen molar-refractivity contribution in [1.29, 1.82) is 0 Å². The van der Waals surface area contributed by atoms with Crippen molar-refractivity contribution in [1.82, 2.24) is 4.98 Å². The standard InChI is InChI=1S/C16H17N.C7H5NS/c1-17(2)16-12-10-15(11-13-16)9-8-14-6-4-3-5-7-14;1-2-4-7-6(3-1)8-5-9-7/h3-13H,1-2H3;1-5H. The van der Waals surface area contributed by atoms with E-state index < -0.39 is 0 Å². The van der Waals surface area contributed by atoms with Crippen LogP contribution in [0, 0.1) is 0 Å². The zero-order chi connectivity index (χ0) is 18.2. The molecule has 0 radical (unpaired) electrons. The molecule has 0 saturated carbocycles. The molecule has 1 aromatic heterocycles. The average molecular weight is 359 g/mol. The van der Waals surface area contributed by atoms with E-state index in [4.69, 9.17) is 0 Å². The van der Waals surface area contributed by atoms with E-state index in [9.17, 15) is 0 Å². The molecule has 0 spiro atoms. The predicted molar refractivity (Wildman–Crippen MR) is 116 cm³/mol. The lowest BCUT2D eigenvalue weighted by atomic mass is 10.1. The molecule has 2 nitrogen and oxygen atoms in total. The molecular weight excluding hydrogens is 336 g/mol. The molecule has 0 saturated heterocycles. The van der Waals surface area contributed by atoms with Gasteiger partial charge in [-0.15, -0.1) is 11.3 Å². The van der Waals surface area contributed by atoms with Gasteiger partial charge in [-0.3, -0.25) is 0 Å². The van der Waals surface area contributed by atoms with Crippen LogP contribution in [0.5, 0.6) is 0 Å². The van der Waals surface area contributed by atoms with Crippen molar-refractivity contribution in [2.24, 2.45) is 0 Å². The fourth-order valence-corrected chi connectivity index (χ4v) is 3.12. The summed E-state index contributed by atoms with van der Waals surface area (Å²) in [5.41, 5.74) is 6.64. The molecule has 3 aromatic carbocycles. The Kier molecular flexibility index (Phi) is 6.18. The van der Waals surface area contributed by atoms with Crippen LogP contribution in [0.2, 0.25) is 0 Å². The van der Waals surface area contributed by atoms with Crippen LogP contribution in [0.1, 0.15) is 11.1 Å². The second-order valence-electron chi connectivity index (χ2n) is 6.05. The van der Waals surface area contributed by atoms with Crippen molar-refractivity contribution in [2.75, 3.05) is 19.0 Å². The molecule has 0 amide bonds. The Morgan fingerprint density at radius 1 is 0.731 bits per heavy atom. The summed E-state index contributed by atoms with van der Waals surface area (Å²) in [7, 11) is 4.10. The van der Waals surface area contributed by atoms with Crippen molar-refractivity contribution >= 4 is 39.4 Å². The van der Waals surface area contributed by atoms with Crippen LogP contribution in [0.3, 0.4) is 0 Å². The molecule has 0 unspecified atom stereocenters. The van der Waals surface area contributed by atoms with E-state index >= 15 is 0 Å². The third-order valence-electron chi connectivity index (χ3n) is 3.91. The number of thiazole rings is 1. The molecule has 0 aliphatic carbocycles. The molecule has 0 atom stereocenters. The summed E-state index contributed by atoms with van der Waals surface area (Å²) in [4.78, 5) is 6.24. The first-order valence-corrected chi connectivity index (χ1v) is 9.39. The monoisotopic (exact) mass is 358 g/mol. The van der Waals surface area contributed by atoms with Gasteiger partial charge in [-0.1, -0.05) is 66.7 Å². The van der Waals surface area contributed by atoms with Crippen LogP contribution >= 0.6 is 11.3 Å². The van der Waals surface area contributed by atoms with Crippen LogP contribution in [0.4, 0.5) is 5.69 Å². The molecule has 0 N–H and O–H groups in total. The topological polar surface area (TPSA) is 16.1 Å². The lowest BCUT2D eigenvalue weighted by Gasteiger charge is -2.11. The second-order valence-corrected chi connectivity index (χ2v) is 6.94. The minimum absolute atomic E-state index is 1.10. The fourth-order valence-electron chi connectivity index (χ4n) is 2.44. The number of rotatable bonds is 3. The minimum atomic E-state index is 1.10. The Labute approximate surface area is 159 Å². The molecular formula is C23H22N2S. The highest BCUT2D eigenvalue weighted by molar-refractivity contribution is 7.16. The minimum Gasteiger partial charge on any atom is -0.378 e.